The van der Waals surface area contributed by atoms with Gasteiger partial charge in [-0.2, -0.15) is 4.98 Å². The predicted molar refractivity (Wildman–Crippen MR) is 71.5 cm³/mol. The Hall–Kier alpha value is -2.08. The molecule has 0 fully saturated rings. The Morgan fingerprint density at radius 1 is 1.30 bits per heavy atom. The van der Waals surface area contributed by atoms with E-state index in [0.717, 1.165) is 6.42 Å². The lowest BCUT2D eigenvalue weighted by atomic mass is 10.2. The van der Waals surface area contributed by atoms with E-state index in [4.69, 9.17) is 14.0 Å². The summed E-state index contributed by atoms with van der Waals surface area (Å²) < 4.78 is 16.1. The fourth-order valence-electron chi connectivity index (χ4n) is 1.65. The van der Waals surface area contributed by atoms with Crippen LogP contribution in [0.15, 0.2) is 22.7 Å². The molecule has 2 rings (SSSR count). The SMILES string of the molecule is CCCOc1ccc(CO)c(OCc2nc(C)no2)c1. The normalized spacial score (nSPS) is 10.6. The number of nitrogens with zero attached hydrogens (tertiary/aromatic N) is 2. The van der Waals surface area contributed by atoms with Crippen LogP contribution in [0.1, 0.15) is 30.6 Å². The van der Waals surface area contributed by atoms with Crippen molar-refractivity contribution in [2.75, 3.05) is 6.61 Å². The molecule has 2 aromatic rings. The molecule has 0 atom stereocenters. The third-order valence-corrected chi connectivity index (χ3v) is 2.60. The summed E-state index contributed by atoms with van der Waals surface area (Å²) in [4.78, 5) is 4.06. The van der Waals surface area contributed by atoms with Crippen molar-refractivity contribution in [1.82, 2.24) is 10.1 Å². The molecule has 1 N–H and O–H groups in total. The van der Waals surface area contributed by atoms with E-state index in [1.54, 1.807) is 19.1 Å². The number of aromatic nitrogens is 2. The van der Waals surface area contributed by atoms with Gasteiger partial charge in [-0.15, -0.1) is 0 Å². The van der Waals surface area contributed by atoms with Crippen molar-refractivity contribution < 1.29 is 19.1 Å². The van der Waals surface area contributed by atoms with Crippen LogP contribution in [0, 0.1) is 6.92 Å². The molecule has 1 aromatic heterocycles. The molecule has 0 radical (unpaired) electrons. The van der Waals surface area contributed by atoms with E-state index in [1.807, 2.05) is 13.0 Å². The Balaban J connectivity index is 2.07. The first-order valence-corrected chi connectivity index (χ1v) is 6.51. The maximum atomic E-state index is 9.31. The lowest BCUT2D eigenvalue weighted by molar-refractivity contribution is 0.227. The molecule has 0 saturated carbocycles. The highest BCUT2D eigenvalue weighted by atomic mass is 16.5. The summed E-state index contributed by atoms with van der Waals surface area (Å²) in [5, 5.41) is 13.0. The highest BCUT2D eigenvalue weighted by Gasteiger charge is 2.08. The number of aryl methyl sites for hydroxylation is 1. The summed E-state index contributed by atoms with van der Waals surface area (Å²) in [6, 6.07) is 5.34. The van der Waals surface area contributed by atoms with Gasteiger partial charge in [0.25, 0.3) is 5.89 Å². The van der Waals surface area contributed by atoms with Crippen molar-refractivity contribution in [2.24, 2.45) is 0 Å². The smallest absolute Gasteiger partial charge is 0.264 e. The number of hydrogen-bond donors (Lipinski definition) is 1. The Morgan fingerprint density at radius 3 is 2.80 bits per heavy atom. The van der Waals surface area contributed by atoms with Crippen LogP contribution in [0.25, 0.3) is 0 Å². The van der Waals surface area contributed by atoms with Gasteiger partial charge < -0.3 is 19.1 Å². The highest BCUT2D eigenvalue weighted by molar-refractivity contribution is 5.40. The highest BCUT2D eigenvalue weighted by Crippen LogP contribution is 2.26. The molecule has 0 spiro atoms. The third kappa shape index (κ3) is 3.71. The van der Waals surface area contributed by atoms with Crippen molar-refractivity contribution in [3.8, 4) is 11.5 Å². The fraction of sp³-hybridized carbons (Fsp3) is 0.429. The average Bonchev–Trinajstić information content (AvgIpc) is 2.88. The third-order valence-electron chi connectivity index (χ3n) is 2.60. The van der Waals surface area contributed by atoms with E-state index < -0.39 is 0 Å². The summed E-state index contributed by atoms with van der Waals surface area (Å²) >= 11 is 0. The van der Waals surface area contributed by atoms with Crippen molar-refractivity contribution in [2.45, 2.75) is 33.5 Å². The number of hydrogen-bond acceptors (Lipinski definition) is 6. The lowest BCUT2D eigenvalue weighted by Gasteiger charge is -2.11. The van der Waals surface area contributed by atoms with Crippen molar-refractivity contribution >= 4 is 0 Å². The van der Waals surface area contributed by atoms with Crippen LogP contribution in [-0.2, 0) is 13.2 Å². The van der Waals surface area contributed by atoms with Crippen LogP contribution in [0.4, 0.5) is 0 Å². The first-order chi connectivity index (χ1) is 9.72. The largest absolute Gasteiger partial charge is 0.493 e. The summed E-state index contributed by atoms with van der Waals surface area (Å²) in [7, 11) is 0. The second kappa shape index (κ2) is 6.91. The van der Waals surface area contributed by atoms with Crippen molar-refractivity contribution in [3.63, 3.8) is 0 Å². The van der Waals surface area contributed by atoms with E-state index in [-0.39, 0.29) is 13.2 Å². The number of aliphatic hydroxyl groups is 1. The van der Waals surface area contributed by atoms with Crippen LogP contribution in [0.5, 0.6) is 11.5 Å². The zero-order chi connectivity index (χ0) is 14.4. The first kappa shape index (κ1) is 14.3. The first-order valence-electron chi connectivity index (χ1n) is 6.51. The van der Waals surface area contributed by atoms with Gasteiger partial charge in [-0.25, -0.2) is 0 Å². The molecule has 0 bridgehead atoms. The molecule has 0 aliphatic heterocycles. The molecule has 6 heteroatoms. The van der Waals surface area contributed by atoms with Crippen LogP contribution >= 0.6 is 0 Å². The quantitative estimate of drug-likeness (QED) is 0.837. The van der Waals surface area contributed by atoms with Crippen LogP contribution in [0.3, 0.4) is 0 Å². The van der Waals surface area contributed by atoms with E-state index in [0.29, 0.717) is 35.4 Å². The molecule has 0 amide bonds. The van der Waals surface area contributed by atoms with Crippen LogP contribution < -0.4 is 9.47 Å². The maximum Gasteiger partial charge on any atom is 0.264 e. The molecule has 1 heterocycles. The van der Waals surface area contributed by atoms with Gasteiger partial charge in [0.1, 0.15) is 11.5 Å². The maximum absolute atomic E-state index is 9.31. The monoisotopic (exact) mass is 278 g/mol. The average molecular weight is 278 g/mol. The second-order valence-corrected chi connectivity index (χ2v) is 4.30. The molecule has 0 aliphatic carbocycles. The standard InChI is InChI=1S/C14H18N2O4/c1-3-6-18-12-5-4-11(8-17)13(7-12)19-9-14-15-10(2)16-20-14/h4-5,7,17H,3,6,8-9H2,1-2H3. The molecular formula is C14H18N2O4. The van der Waals surface area contributed by atoms with Crippen molar-refractivity contribution in [3.05, 3.63) is 35.5 Å². The number of aliphatic hydroxyl groups excluding tert-OH is 1. The van der Waals surface area contributed by atoms with E-state index in [9.17, 15) is 5.11 Å². The zero-order valence-electron chi connectivity index (χ0n) is 11.6. The summed E-state index contributed by atoms with van der Waals surface area (Å²) in [6.45, 7) is 4.47. The van der Waals surface area contributed by atoms with E-state index >= 15 is 0 Å². The number of benzene rings is 1. The second-order valence-electron chi connectivity index (χ2n) is 4.30. The molecular weight excluding hydrogens is 260 g/mol. The van der Waals surface area contributed by atoms with Gasteiger partial charge in [-0.05, 0) is 25.5 Å². The Morgan fingerprint density at radius 2 is 2.15 bits per heavy atom. The Labute approximate surface area is 117 Å². The number of ether oxygens (including phenoxy) is 2. The Kier molecular flexibility index (Phi) is 4.95. The molecule has 20 heavy (non-hydrogen) atoms. The fourth-order valence-corrected chi connectivity index (χ4v) is 1.65. The summed E-state index contributed by atoms with van der Waals surface area (Å²) in [6.07, 6.45) is 0.930. The zero-order valence-corrected chi connectivity index (χ0v) is 11.6. The van der Waals surface area contributed by atoms with Gasteiger partial charge >= 0.3 is 0 Å². The van der Waals surface area contributed by atoms with E-state index in [2.05, 4.69) is 10.1 Å². The minimum atomic E-state index is -0.105. The van der Waals surface area contributed by atoms with Gasteiger partial charge in [0.2, 0.25) is 0 Å². The van der Waals surface area contributed by atoms with Gasteiger partial charge in [0.15, 0.2) is 12.4 Å². The topological polar surface area (TPSA) is 77.6 Å². The number of rotatable bonds is 7. The van der Waals surface area contributed by atoms with Crippen molar-refractivity contribution in [1.29, 1.82) is 0 Å². The molecule has 108 valence electrons. The van der Waals surface area contributed by atoms with Gasteiger partial charge in [-0.3, -0.25) is 0 Å². The molecule has 1 aromatic carbocycles. The minimum absolute atomic E-state index is 0.105. The van der Waals surface area contributed by atoms with Gasteiger partial charge in [-0.1, -0.05) is 12.1 Å². The van der Waals surface area contributed by atoms with E-state index in [1.165, 1.54) is 0 Å². The molecule has 6 nitrogen and oxygen atoms in total. The Bertz CT molecular complexity index is 554. The minimum Gasteiger partial charge on any atom is -0.493 e. The molecule has 0 aliphatic rings. The molecule has 0 unspecified atom stereocenters. The lowest BCUT2D eigenvalue weighted by Crippen LogP contribution is -2.01. The summed E-state index contributed by atoms with van der Waals surface area (Å²) in [5.74, 6) is 2.22. The molecule has 0 saturated heterocycles. The van der Waals surface area contributed by atoms with Gasteiger partial charge in [0.05, 0.1) is 13.2 Å². The predicted octanol–water partition coefficient (Wildman–Crippen LogP) is 2.24. The van der Waals surface area contributed by atoms with Gasteiger partial charge in [0, 0.05) is 11.6 Å². The summed E-state index contributed by atoms with van der Waals surface area (Å²) in [5.41, 5.74) is 0.685. The van der Waals surface area contributed by atoms with Crippen LogP contribution in [-0.4, -0.2) is 21.9 Å². The van der Waals surface area contributed by atoms with Crippen LogP contribution in [0.2, 0.25) is 0 Å².